The van der Waals surface area contributed by atoms with E-state index in [-0.39, 0.29) is 26.4 Å². The summed E-state index contributed by atoms with van der Waals surface area (Å²) in [6, 6.07) is 3.75. The van der Waals surface area contributed by atoms with Gasteiger partial charge in [0, 0.05) is 18.8 Å². The summed E-state index contributed by atoms with van der Waals surface area (Å²) in [5.74, 6) is -11.2. The lowest BCUT2D eigenvalue weighted by atomic mass is 10.1. The SMILES string of the molecule is Cn1nc(OC(F)(F)C(F)(F)C(F)(F)F)c(C(F)(F)F)c1-n1cc(-c2ccc(Cl)c(C(N)=O)c2)cn1. The quantitative estimate of drug-likeness (QED) is 0.425. The van der Waals surface area contributed by atoms with E-state index in [2.05, 4.69) is 14.9 Å². The van der Waals surface area contributed by atoms with Crippen LogP contribution in [0.25, 0.3) is 16.9 Å². The number of ether oxygens (including phenoxy) is 1. The Morgan fingerprint density at radius 1 is 1.03 bits per heavy atom. The molecule has 0 aliphatic carbocycles. The molecule has 18 heteroatoms. The van der Waals surface area contributed by atoms with Gasteiger partial charge in [0.1, 0.15) is 0 Å². The van der Waals surface area contributed by atoms with Crippen molar-refractivity contribution < 1.29 is 53.4 Å². The molecule has 0 saturated heterocycles. The molecule has 0 unspecified atom stereocenters. The number of hydrogen-bond donors (Lipinski definition) is 1. The Morgan fingerprint density at radius 2 is 1.64 bits per heavy atom. The fourth-order valence-electron chi connectivity index (χ4n) is 2.91. The molecule has 1 amide bonds. The van der Waals surface area contributed by atoms with Crippen molar-refractivity contribution >= 4 is 17.5 Å². The summed E-state index contributed by atoms with van der Waals surface area (Å²) in [4.78, 5) is 11.5. The molecule has 196 valence electrons. The molecule has 0 saturated carbocycles. The van der Waals surface area contributed by atoms with Crippen molar-refractivity contribution in [2.75, 3.05) is 0 Å². The highest BCUT2D eigenvalue weighted by Gasteiger charge is 2.76. The van der Waals surface area contributed by atoms with Crippen LogP contribution >= 0.6 is 11.6 Å². The zero-order valence-electron chi connectivity index (χ0n) is 17.2. The molecule has 1 aromatic carbocycles. The van der Waals surface area contributed by atoms with Crippen LogP contribution in [-0.2, 0) is 13.2 Å². The summed E-state index contributed by atoms with van der Waals surface area (Å²) in [6.45, 7) is 0. The van der Waals surface area contributed by atoms with Gasteiger partial charge in [0.15, 0.2) is 11.4 Å². The van der Waals surface area contributed by atoms with Crippen LogP contribution in [0.1, 0.15) is 15.9 Å². The van der Waals surface area contributed by atoms with Gasteiger partial charge in [-0.3, -0.25) is 4.79 Å². The van der Waals surface area contributed by atoms with E-state index < -0.39 is 47.6 Å². The van der Waals surface area contributed by atoms with E-state index >= 15 is 0 Å². The van der Waals surface area contributed by atoms with Gasteiger partial charge in [-0.1, -0.05) is 17.7 Å². The predicted molar refractivity (Wildman–Crippen MR) is 101 cm³/mol. The van der Waals surface area contributed by atoms with Crippen LogP contribution in [0.2, 0.25) is 5.02 Å². The number of primary amides is 1. The average molecular weight is 554 g/mol. The molecule has 0 spiro atoms. The Kier molecular flexibility index (Phi) is 6.44. The summed E-state index contributed by atoms with van der Waals surface area (Å²) in [5, 5.41) is 6.51. The van der Waals surface area contributed by atoms with Crippen LogP contribution in [-0.4, -0.2) is 43.7 Å². The smallest absolute Gasteiger partial charge is 0.407 e. The van der Waals surface area contributed by atoms with Gasteiger partial charge in [-0.15, -0.1) is 5.10 Å². The van der Waals surface area contributed by atoms with E-state index in [0.717, 1.165) is 19.4 Å². The van der Waals surface area contributed by atoms with E-state index in [4.69, 9.17) is 17.3 Å². The molecule has 2 aromatic heterocycles. The topological polar surface area (TPSA) is 88.0 Å². The Morgan fingerprint density at radius 3 is 2.17 bits per heavy atom. The standard InChI is InChI=1S/C18H10ClF10N5O2/c1-33-14(34-6-8(5-31-34)7-2-3-10(19)9(4-7)12(30)35)11(15(20,21)22)13(32-33)36-18(28,29)16(23,24)17(25,26)27/h2-6H,1H3,(H2,30,35). The first kappa shape index (κ1) is 27.1. The number of benzene rings is 1. The minimum Gasteiger partial charge on any atom is -0.407 e. The molecule has 7 nitrogen and oxygen atoms in total. The second kappa shape index (κ2) is 8.56. The summed E-state index contributed by atoms with van der Waals surface area (Å²) in [7, 11) is 0.742. The molecular formula is C18H10ClF10N5O2. The van der Waals surface area contributed by atoms with Gasteiger partial charge < -0.3 is 10.5 Å². The van der Waals surface area contributed by atoms with Crippen molar-refractivity contribution in [3.05, 3.63) is 46.7 Å². The largest absolute Gasteiger partial charge is 0.475 e. The van der Waals surface area contributed by atoms with Gasteiger partial charge in [0.2, 0.25) is 5.91 Å². The first-order chi connectivity index (χ1) is 16.3. The van der Waals surface area contributed by atoms with Crippen molar-refractivity contribution in [2.45, 2.75) is 24.4 Å². The molecule has 0 atom stereocenters. The van der Waals surface area contributed by atoms with Gasteiger partial charge >= 0.3 is 24.4 Å². The minimum absolute atomic E-state index is 0.0389. The molecule has 3 rings (SSSR count). The second-order valence-corrected chi connectivity index (χ2v) is 7.46. The van der Waals surface area contributed by atoms with Gasteiger partial charge in [0.25, 0.3) is 5.88 Å². The lowest BCUT2D eigenvalue weighted by Gasteiger charge is -2.27. The number of nitrogens with zero attached hydrogens (tertiary/aromatic N) is 4. The number of aryl methyl sites for hydroxylation is 1. The maximum Gasteiger partial charge on any atom is 0.475 e. The number of halogens is 11. The third-order valence-corrected chi connectivity index (χ3v) is 4.91. The molecule has 0 aliphatic rings. The van der Waals surface area contributed by atoms with E-state index in [1.54, 1.807) is 0 Å². The summed E-state index contributed by atoms with van der Waals surface area (Å²) in [5.41, 5.74) is 3.02. The van der Waals surface area contributed by atoms with Crippen LogP contribution in [0.3, 0.4) is 0 Å². The maximum atomic E-state index is 13.7. The molecule has 2 heterocycles. The molecule has 0 radical (unpaired) electrons. The highest BCUT2D eigenvalue weighted by molar-refractivity contribution is 6.33. The minimum atomic E-state index is -6.86. The monoisotopic (exact) mass is 553 g/mol. The number of hydrogen-bond acceptors (Lipinski definition) is 4. The Hall–Kier alpha value is -3.50. The van der Waals surface area contributed by atoms with Crippen LogP contribution in [0.5, 0.6) is 5.88 Å². The van der Waals surface area contributed by atoms with Crippen LogP contribution in [0.4, 0.5) is 43.9 Å². The number of amides is 1. The van der Waals surface area contributed by atoms with Gasteiger partial charge in [-0.05, 0) is 17.7 Å². The number of aromatic nitrogens is 4. The Bertz CT molecular complexity index is 1310. The van der Waals surface area contributed by atoms with Crippen molar-refractivity contribution in [3.8, 4) is 22.8 Å². The lowest BCUT2D eigenvalue weighted by molar-refractivity contribution is -0.403. The van der Waals surface area contributed by atoms with Crippen molar-refractivity contribution in [1.82, 2.24) is 19.6 Å². The summed E-state index contributed by atoms with van der Waals surface area (Å²) in [6.07, 6.45) is -17.1. The molecule has 0 fully saturated rings. The van der Waals surface area contributed by atoms with Crippen LogP contribution in [0.15, 0.2) is 30.6 Å². The van der Waals surface area contributed by atoms with Crippen LogP contribution < -0.4 is 10.5 Å². The third kappa shape index (κ3) is 4.66. The number of rotatable bonds is 6. The fourth-order valence-corrected chi connectivity index (χ4v) is 3.12. The van der Waals surface area contributed by atoms with E-state index in [1.165, 1.54) is 18.2 Å². The molecule has 0 aliphatic heterocycles. The van der Waals surface area contributed by atoms with E-state index in [1.807, 2.05) is 0 Å². The molecule has 0 bridgehead atoms. The van der Waals surface area contributed by atoms with E-state index in [0.29, 0.717) is 4.68 Å². The second-order valence-electron chi connectivity index (χ2n) is 7.05. The first-order valence-electron chi connectivity index (χ1n) is 9.08. The van der Waals surface area contributed by atoms with Crippen molar-refractivity contribution in [3.63, 3.8) is 0 Å². The first-order valence-corrected chi connectivity index (χ1v) is 9.46. The Balaban J connectivity index is 2.12. The highest BCUT2D eigenvalue weighted by atomic mass is 35.5. The van der Waals surface area contributed by atoms with Gasteiger partial charge in [-0.2, -0.15) is 49.0 Å². The number of nitrogens with two attached hydrogens (primary N) is 1. The number of carbonyl (C=O) groups is 1. The average Bonchev–Trinajstić information content (AvgIpc) is 3.30. The zero-order chi connectivity index (χ0) is 27.4. The van der Waals surface area contributed by atoms with Crippen molar-refractivity contribution in [2.24, 2.45) is 12.8 Å². The lowest BCUT2D eigenvalue weighted by Crippen LogP contribution is -2.55. The van der Waals surface area contributed by atoms with Gasteiger partial charge in [-0.25, -0.2) is 9.36 Å². The highest BCUT2D eigenvalue weighted by Crippen LogP contribution is 2.49. The summed E-state index contributed by atoms with van der Waals surface area (Å²) >= 11 is 5.83. The Labute approximate surface area is 198 Å². The fraction of sp³-hybridized carbons (Fsp3) is 0.278. The number of carbonyl (C=O) groups excluding carboxylic acids is 1. The molecule has 3 aromatic rings. The van der Waals surface area contributed by atoms with Crippen LogP contribution in [0, 0.1) is 0 Å². The normalized spacial score (nSPS) is 13.2. The third-order valence-electron chi connectivity index (χ3n) is 4.58. The maximum absolute atomic E-state index is 13.7. The molecular weight excluding hydrogens is 544 g/mol. The summed E-state index contributed by atoms with van der Waals surface area (Å²) < 4.78 is 136. The number of alkyl halides is 10. The predicted octanol–water partition coefficient (Wildman–Crippen LogP) is 5.21. The van der Waals surface area contributed by atoms with Gasteiger partial charge in [0.05, 0.1) is 16.8 Å². The van der Waals surface area contributed by atoms with E-state index in [9.17, 15) is 48.7 Å². The van der Waals surface area contributed by atoms with Crippen molar-refractivity contribution in [1.29, 1.82) is 0 Å². The molecule has 36 heavy (non-hydrogen) atoms. The molecule has 2 N–H and O–H groups in total. The zero-order valence-corrected chi connectivity index (χ0v) is 18.0.